The quantitative estimate of drug-likeness (QED) is 0.290. The molecule has 0 radical (unpaired) electrons. The van der Waals surface area contributed by atoms with Gasteiger partial charge in [0.1, 0.15) is 0 Å². The highest BCUT2D eigenvalue weighted by atomic mass is 16.5. The molecule has 0 unspecified atom stereocenters. The summed E-state index contributed by atoms with van der Waals surface area (Å²) in [6, 6.07) is 8.80. The molecule has 0 aliphatic carbocycles. The van der Waals surface area contributed by atoms with E-state index in [1.165, 1.54) is 36.4 Å². The van der Waals surface area contributed by atoms with Gasteiger partial charge in [-0.15, -0.1) is 0 Å². The van der Waals surface area contributed by atoms with Gasteiger partial charge in [-0.05, 0) is 12.1 Å². The normalized spacial score (nSPS) is 9.55. The van der Waals surface area contributed by atoms with Gasteiger partial charge in [0, 0.05) is 11.1 Å². The highest BCUT2D eigenvalue weighted by Crippen LogP contribution is 2.42. The first-order valence-electron chi connectivity index (χ1n) is 5.41. The molecule has 2 rings (SSSR count). The second-order valence-electron chi connectivity index (χ2n) is 3.69. The highest BCUT2D eigenvalue weighted by Gasteiger charge is 2.13. The molecule has 0 heterocycles. The average Bonchev–Trinajstić information content (AvgIpc) is 2.36. The van der Waals surface area contributed by atoms with Gasteiger partial charge < -0.3 is 35.5 Å². The number of aromatic hydroxyl groups is 4. The molecule has 0 saturated heterocycles. The molecule has 7 nitrogen and oxygen atoms in total. The van der Waals surface area contributed by atoms with Crippen molar-refractivity contribution in [3.05, 3.63) is 36.4 Å². The maximum absolute atomic E-state index is 9.62. The minimum absolute atomic E-state index is 0.258. The first-order chi connectivity index (χ1) is 9.34. The SMILES string of the molecule is OB(O)O.Oc1cccc(-c2cccc(O)c2O)c1O. The summed E-state index contributed by atoms with van der Waals surface area (Å²) < 4.78 is 0. The lowest BCUT2D eigenvalue weighted by Gasteiger charge is -2.08. The number of phenolic OH excluding ortho intramolecular Hbond substituents is 4. The molecule has 0 aliphatic rings. The van der Waals surface area contributed by atoms with Gasteiger partial charge in [-0.25, -0.2) is 0 Å². The van der Waals surface area contributed by atoms with Crippen LogP contribution in [-0.2, 0) is 0 Å². The number of benzene rings is 2. The van der Waals surface area contributed by atoms with Gasteiger partial charge in [0.15, 0.2) is 23.0 Å². The highest BCUT2D eigenvalue weighted by molar-refractivity contribution is 6.30. The zero-order valence-corrected chi connectivity index (χ0v) is 10.2. The second-order valence-corrected chi connectivity index (χ2v) is 3.69. The van der Waals surface area contributed by atoms with E-state index in [1.807, 2.05) is 0 Å². The fraction of sp³-hybridized carbons (Fsp3) is 0. The van der Waals surface area contributed by atoms with E-state index >= 15 is 0 Å². The smallest absolute Gasteiger partial charge is 0.504 e. The maximum atomic E-state index is 9.62. The summed E-state index contributed by atoms with van der Waals surface area (Å²) in [6.07, 6.45) is 0. The van der Waals surface area contributed by atoms with E-state index in [0.29, 0.717) is 0 Å². The Labute approximate surface area is 114 Å². The molecule has 0 aromatic heterocycles. The molecule has 106 valence electrons. The lowest BCUT2D eigenvalue weighted by molar-refractivity contribution is 0.278. The Balaban J connectivity index is 0.000000444. The minimum atomic E-state index is -2.17. The number of hydrogen-bond donors (Lipinski definition) is 7. The van der Waals surface area contributed by atoms with Gasteiger partial charge in [0.05, 0.1) is 0 Å². The van der Waals surface area contributed by atoms with E-state index in [2.05, 4.69) is 0 Å². The summed E-state index contributed by atoms with van der Waals surface area (Å²) in [4.78, 5) is 0. The third-order valence-corrected chi connectivity index (χ3v) is 2.32. The van der Waals surface area contributed by atoms with Crippen LogP contribution in [-0.4, -0.2) is 42.8 Å². The van der Waals surface area contributed by atoms with E-state index < -0.39 is 7.32 Å². The van der Waals surface area contributed by atoms with Crippen LogP contribution in [0.25, 0.3) is 11.1 Å². The van der Waals surface area contributed by atoms with E-state index in [9.17, 15) is 20.4 Å². The fourth-order valence-corrected chi connectivity index (χ4v) is 1.50. The number of phenols is 4. The number of hydrogen-bond acceptors (Lipinski definition) is 7. The molecule has 0 bridgehead atoms. The first kappa shape index (κ1) is 15.6. The first-order valence-corrected chi connectivity index (χ1v) is 5.41. The van der Waals surface area contributed by atoms with Crippen molar-refractivity contribution in [3.8, 4) is 34.1 Å². The van der Waals surface area contributed by atoms with Gasteiger partial charge in [-0.2, -0.15) is 0 Å². The molecule has 7 N–H and O–H groups in total. The van der Waals surface area contributed by atoms with Crippen LogP contribution in [0, 0.1) is 0 Å². The van der Waals surface area contributed by atoms with Crippen molar-refractivity contribution in [2.75, 3.05) is 0 Å². The summed E-state index contributed by atoms with van der Waals surface area (Å²) in [5.41, 5.74) is 0.516. The lowest BCUT2D eigenvalue weighted by Crippen LogP contribution is -2.07. The van der Waals surface area contributed by atoms with Crippen LogP contribution < -0.4 is 0 Å². The van der Waals surface area contributed by atoms with Crippen LogP contribution in [0.4, 0.5) is 0 Å². The third-order valence-electron chi connectivity index (χ3n) is 2.32. The molecule has 0 saturated carbocycles. The van der Waals surface area contributed by atoms with Crippen molar-refractivity contribution >= 4 is 7.32 Å². The summed E-state index contributed by atoms with van der Waals surface area (Å²) in [5.74, 6) is -1.22. The van der Waals surface area contributed by atoms with E-state index in [1.54, 1.807) is 0 Å². The number of rotatable bonds is 1. The predicted octanol–water partition coefficient (Wildman–Crippen LogP) is 0.124. The fourth-order valence-electron chi connectivity index (χ4n) is 1.50. The maximum Gasteiger partial charge on any atom is 0.631 e. The largest absolute Gasteiger partial charge is 0.631 e. The summed E-state index contributed by atoms with van der Waals surface area (Å²) >= 11 is 0. The van der Waals surface area contributed by atoms with Crippen molar-refractivity contribution in [3.63, 3.8) is 0 Å². The molecule has 0 amide bonds. The molecule has 2 aromatic carbocycles. The molecular formula is C12H13BO7. The standard InChI is InChI=1S/C12H10O4.BH3O3/c13-9-5-1-3-7(11(9)15)8-4-2-6-10(14)12(8)16;2-1(3)4/h1-6,13-16H;2-4H. The lowest BCUT2D eigenvalue weighted by atomic mass is 10.0. The van der Waals surface area contributed by atoms with Crippen molar-refractivity contribution in [1.82, 2.24) is 0 Å². The van der Waals surface area contributed by atoms with Gasteiger partial charge in [0.2, 0.25) is 0 Å². The topological polar surface area (TPSA) is 142 Å². The summed E-state index contributed by atoms with van der Waals surface area (Å²) in [6.45, 7) is 0. The molecule has 2 aromatic rings. The zero-order chi connectivity index (χ0) is 15.3. The van der Waals surface area contributed by atoms with Crippen LogP contribution in [0.3, 0.4) is 0 Å². The van der Waals surface area contributed by atoms with E-state index in [0.717, 1.165) is 0 Å². The Morgan fingerprint density at radius 2 is 0.900 bits per heavy atom. The van der Waals surface area contributed by atoms with Gasteiger partial charge in [-0.3, -0.25) is 0 Å². The Morgan fingerprint density at radius 1 is 0.600 bits per heavy atom. The van der Waals surface area contributed by atoms with Crippen molar-refractivity contribution in [2.24, 2.45) is 0 Å². The Hall–Kier alpha value is -2.42. The Morgan fingerprint density at radius 3 is 1.20 bits per heavy atom. The summed E-state index contributed by atoms with van der Waals surface area (Å²) in [7, 11) is -2.17. The Bertz CT molecular complexity index is 534. The van der Waals surface area contributed by atoms with Crippen LogP contribution >= 0.6 is 0 Å². The van der Waals surface area contributed by atoms with E-state index in [4.69, 9.17) is 15.1 Å². The van der Waals surface area contributed by atoms with Crippen molar-refractivity contribution in [1.29, 1.82) is 0 Å². The van der Waals surface area contributed by atoms with Gasteiger partial charge >= 0.3 is 7.32 Å². The Kier molecular flexibility index (Phi) is 5.21. The summed E-state index contributed by atoms with van der Waals surface area (Å²) in [5, 5.41) is 59.4. The second kappa shape index (κ2) is 6.66. The predicted molar refractivity (Wildman–Crippen MR) is 70.9 cm³/mol. The van der Waals surface area contributed by atoms with Crippen LogP contribution in [0.1, 0.15) is 0 Å². The van der Waals surface area contributed by atoms with Gasteiger partial charge in [0.25, 0.3) is 0 Å². The number of para-hydroxylation sites is 2. The average molecular weight is 280 g/mol. The molecule has 20 heavy (non-hydrogen) atoms. The molecule has 0 aliphatic heterocycles. The monoisotopic (exact) mass is 280 g/mol. The minimum Gasteiger partial charge on any atom is -0.504 e. The molecule has 0 atom stereocenters. The van der Waals surface area contributed by atoms with Crippen molar-refractivity contribution in [2.45, 2.75) is 0 Å². The molecule has 8 heteroatoms. The third kappa shape index (κ3) is 3.79. The molecule has 0 spiro atoms. The van der Waals surface area contributed by atoms with Crippen molar-refractivity contribution < 1.29 is 35.5 Å². The molecular weight excluding hydrogens is 267 g/mol. The van der Waals surface area contributed by atoms with Gasteiger partial charge in [-0.1, -0.05) is 24.3 Å². The van der Waals surface area contributed by atoms with Crippen LogP contribution in [0.5, 0.6) is 23.0 Å². The van der Waals surface area contributed by atoms with E-state index in [-0.39, 0.29) is 34.1 Å². The van der Waals surface area contributed by atoms with Crippen LogP contribution in [0.15, 0.2) is 36.4 Å². The molecule has 0 fully saturated rings. The van der Waals surface area contributed by atoms with Crippen LogP contribution in [0.2, 0.25) is 0 Å². The zero-order valence-electron chi connectivity index (χ0n) is 10.2.